The predicted molar refractivity (Wildman–Crippen MR) is 61.9 cm³/mol. The van der Waals surface area contributed by atoms with Crippen LogP contribution in [0.3, 0.4) is 0 Å². The van der Waals surface area contributed by atoms with Crippen molar-refractivity contribution in [2.24, 2.45) is 0 Å². The van der Waals surface area contributed by atoms with Gasteiger partial charge >= 0.3 is 0 Å². The smallest absolute Gasteiger partial charge is 0.261 e. The second kappa shape index (κ2) is 5.32. The molecule has 0 aliphatic heterocycles. The summed E-state index contributed by atoms with van der Waals surface area (Å²) in [6.07, 6.45) is 0.569. The Labute approximate surface area is 99.0 Å². The molecule has 0 aromatic heterocycles. The number of benzene rings is 1. The minimum Gasteiger partial charge on any atom is -0.356 e. The highest BCUT2D eigenvalue weighted by molar-refractivity contribution is 8.13. The lowest BCUT2D eigenvalue weighted by atomic mass is 10.1. The molecule has 1 aromatic carbocycles. The molecule has 1 amide bonds. The fourth-order valence-corrected chi connectivity index (χ4v) is 2.06. The van der Waals surface area contributed by atoms with Gasteiger partial charge in [0, 0.05) is 24.2 Å². The summed E-state index contributed by atoms with van der Waals surface area (Å²) in [5.41, 5.74) is 0.815. The Hall–Kier alpha value is -1.07. The van der Waals surface area contributed by atoms with E-state index < -0.39 is 9.05 Å². The van der Waals surface area contributed by atoms with Gasteiger partial charge in [-0.05, 0) is 24.1 Å². The van der Waals surface area contributed by atoms with E-state index in [9.17, 15) is 13.2 Å². The van der Waals surface area contributed by atoms with E-state index in [0.717, 1.165) is 5.56 Å². The molecule has 16 heavy (non-hydrogen) atoms. The molecule has 0 aliphatic rings. The largest absolute Gasteiger partial charge is 0.356 e. The summed E-state index contributed by atoms with van der Waals surface area (Å²) in [5.74, 6) is -0.110. The van der Waals surface area contributed by atoms with Gasteiger partial charge in [0.15, 0.2) is 0 Å². The highest BCUT2D eigenvalue weighted by atomic mass is 35.7. The lowest BCUT2D eigenvalue weighted by Gasteiger charge is -2.03. The van der Waals surface area contributed by atoms with Gasteiger partial charge in [-0.2, -0.15) is 0 Å². The van der Waals surface area contributed by atoms with E-state index in [1.807, 2.05) is 0 Å². The van der Waals surface area contributed by atoms with Crippen LogP contribution < -0.4 is 5.32 Å². The van der Waals surface area contributed by atoms with Crippen molar-refractivity contribution < 1.29 is 13.2 Å². The van der Waals surface area contributed by atoms with Crippen LogP contribution in [0.4, 0.5) is 0 Å². The minimum atomic E-state index is -3.68. The zero-order valence-electron chi connectivity index (χ0n) is 8.73. The van der Waals surface area contributed by atoms with Gasteiger partial charge in [-0.25, -0.2) is 8.42 Å². The molecule has 88 valence electrons. The van der Waals surface area contributed by atoms with E-state index in [1.165, 1.54) is 19.1 Å². The van der Waals surface area contributed by atoms with Crippen LogP contribution >= 0.6 is 10.7 Å². The zero-order valence-corrected chi connectivity index (χ0v) is 10.3. The summed E-state index contributed by atoms with van der Waals surface area (Å²) in [6, 6.07) is 6.35. The van der Waals surface area contributed by atoms with Crippen LogP contribution in [-0.2, 0) is 20.3 Å². The Balaban J connectivity index is 2.72. The van der Waals surface area contributed by atoms with Crippen LogP contribution in [0.5, 0.6) is 0 Å². The van der Waals surface area contributed by atoms with Crippen molar-refractivity contribution in [1.82, 2.24) is 5.32 Å². The first kappa shape index (κ1) is 13.0. The van der Waals surface area contributed by atoms with Crippen molar-refractivity contribution in [1.29, 1.82) is 0 Å². The van der Waals surface area contributed by atoms with Crippen LogP contribution in [0.1, 0.15) is 12.5 Å². The number of rotatable bonds is 4. The third-order valence-electron chi connectivity index (χ3n) is 1.97. The molecular weight excluding hydrogens is 250 g/mol. The second-order valence-electron chi connectivity index (χ2n) is 3.32. The standard InChI is InChI=1S/C10H12ClNO3S/c1-8(13)12-6-5-9-3-2-4-10(7-9)16(11,14)15/h2-4,7H,5-6H2,1H3,(H,12,13). The Morgan fingerprint density at radius 1 is 1.44 bits per heavy atom. The predicted octanol–water partition coefficient (Wildman–Crippen LogP) is 1.29. The van der Waals surface area contributed by atoms with Crippen LogP contribution in [0.15, 0.2) is 29.2 Å². The molecule has 0 bridgehead atoms. The summed E-state index contributed by atoms with van der Waals surface area (Å²) in [4.78, 5) is 10.7. The quantitative estimate of drug-likeness (QED) is 0.831. The molecule has 0 unspecified atom stereocenters. The molecule has 0 radical (unpaired) electrons. The summed E-state index contributed by atoms with van der Waals surface area (Å²) in [5, 5.41) is 2.63. The van der Waals surface area contributed by atoms with E-state index in [0.29, 0.717) is 13.0 Å². The number of hydrogen-bond donors (Lipinski definition) is 1. The van der Waals surface area contributed by atoms with Crippen molar-refractivity contribution in [2.75, 3.05) is 6.54 Å². The normalized spacial score (nSPS) is 11.1. The average molecular weight is 262 g/mol. The first-order chi connectivity index (χ1) is 7.39. The van der Waals surface area contributed by atoms with Crippen molar-refractivity contribution in [3.63, 3.8) is 0 Å². The molecule has 1 rings (SSSR count). The number of halogens is 1. The van der Waals surface area contributed by atoms with Crippen molar-refractivity contribution in [3.8, 4) is 0 Å². The van der Waals surface area contributed by atoms with Crippen LogP contribution in [-0.4, -0.2) is 20.9 Å². The highest BCUT2D eigenvalue weighted by Crippen LogP contribution is 2.16. The molecule has 1 aromatic rings. The maximum atomic E-state index is 11.1. The Morgan fingerprint density at radius 2 is 2.12 bits per heavy atom. The van der Waals surface area contributed by atoms with Gasteiger partial charge < -0.3 is 5.32 Å². The molecule has 6 heteroatoms. The van der Waals surface area contributed by atoms with Crippen molar-refractivity contribution >= 4 is 25.6 Å². The third kappa shape index (κ3) is 4.20. The molecule has 0 atom stereocenters. The van der Waals surface area contributed by atoms with Gasteiger partial charge in [-0.15, -0.1) is 0 Å². The van der Waals surface area contributed by atoms with Gasteiger partial charge in [0.2, 0.25) is 5.91 Å². The molecule has 4 nitrogen and oxygen atoms in total. The Bertz CT molecular complexity index is 485. The average Bonchev–Trinajstić information content (AvgIpc) is 2.16. The first-order valence-corrected chi connectivity index (χ1v) is 6.98. The highest BCUT2D eigenvalue weighted by Gasteiger charge is 2.09. The van der Waals surface area contributed by atoms with E-state index in [1.54, 1.807) is 12.1 Å². The molecule has 0 heterocycles. The Morgan fingerprint density at radius 3 is 2.69 bits per heavy atom. The number of carbonyl (C=O) groups excluding carboxylic acids is 1. The van der Waals surface area contributed by atoms with Crippen LogP contribution in [0.25, 0.3) is 0 Å². The van der Waals surface area contributed by atoms with Crippen molar-refractivity contribution in [2.45, 2.75) is 18.2 Å². The number of hydrogen-bond acceptors (Lipinski definition) is 3. The lowest BCUT2D eigenvalue weighted by molar-refractivity contribution is -0.118. The Kier molecular flexibility index (Phi) is 4.32. The topological polar surface area (TPSA) is 63.2 Å². The maximum absolute atomic E-state index is 11.1. The van der Waals surface area contributed by atoms with E-state index in [4.69, 9.17) is 10.7 Å². The zero-order chi connectivity index (χ0) is 12.2. The van der Waals surface area contributed by atoms with Gasteiger partial charge in [0.05, 0.1) is 4.90 Å². The summed E-state index contributed by atoms with van der Waals surface area (Å²) in [7, 11) is 1.54. The molecule has 0 aliphatic carbocycles. The molecule has 0 saturated carbocycles. The van der Waals surface area contributed by atoms with Crippen LogP contribution in [0, 0.1) is 0 Å². The fraction of sp³-hybridized carbons (Fsp3) is 0.300. The van der Waals surface area contributed by atoms with Gasteiger partial charge in [-0.1, -0.05) is 12.1 Å². The molecule has 0 saturated heterocycles. The molecule has 0 spiro atoms. The monoisotopic (exact) mass is 261 g/mol. The molecular formula is C10H12ClNO3S. The number of nitrogens with one attached hydrogen (secondary N) is 1. The number of carbonyl (C=O) groups is 1. The fourth-order valence-electron chi connectivity index (χ4n) is 1.24. The van der Waals surface area contributed by atoms with E-state index in [-0.39, 0.29) is 10.8 Å². The second-order valence-corrected chi connectivity index (χ2v) is 5.88. The third-order valence-corrected chi connectivity index (χ3v) is 3.32. The summed E-state index contributed by atoms with van der Waals surface area (Å²) in [6.45, 7) is 1.90. The first-order valence-electron chi connectivity index (χ1n) is 4.67. The van der Waals surface area contributed by atoms with Gasteiger partial charge in [0.25, 0.3) is 9.05 Å². The minimum absolute atomic E-state index is 0.0782. The summed E-state index contributed by atoms with van der Waals surface area (Å²) < 4.78 is 22.1. The van der Waals surface area contributed by atoms with E-state index >= 15 is 0 Å². The van der Waals surface area contributed by atoms with E-state index in [2.05, 4.69) is 5.32 Å². The maximum Gasteiger partial charge on any atom is 0.261 e. The van der Waals surface area contributed by atoms with Crippen molar-refractivity contribution in [3.05, 3.63) is 29.8 Å². The molecule has 0 fully saturated rings. The van der Waals surface area contributed by atoms with Crippen LogP contribution in [0.2, 0.25) is 0 Å². The van der Waals surface area contributed by atoms with Gasteiger partial charge in [-0.3, -0.25) is 4.79 Å². The number of amides is 1. The lowest BCUT2D eigenvalue weighted by Crippen LogP contribution is -2.22. The van der Waals surface area contributed by atoms with Gasteiger partial charge in [0.1, 0.15) is 0 Å². The molecule has 1 N–H and O–H groups in total. The summed E-state index contributed by atoms with van der Waals surface area (Å²) >= 11 is 0. The SMILES string of the molecule is CC(=O)NCCc1cccc(S(=O)(=O)Cl)c1.